The normalized spacial score (nSPS) is 23.1. The Bertz CT molecular complexity index is 1100. The molecule has 0 unspecified atom stereocenters. The number of hydrogen-bond donors (Lipinski definition) is 1. The molecule has 0 spiro atoms. The quantitative estimate of drug-likeness (QED) is 0.702. The monoisotopic (exact) mass is 493 g/mol. The van der Waals surface area contributed by atoms with Crippen LogP contribution in [-0.2, 0) is 9.53 Å². The molecule has 4 rings (SSSR count). The molecule has 8 heteroatoms. The number of nitrogens with zero attached hydrogens (tertiary/aromatic N) is 2. The molecule has 1 aliphatic heterocycles. The molecule has 1 aliphatic carbocycles. The molecule has 1 N–H and O–H groups in total. The number of fused-ring (bicyclic) bond motifs is 1. The SMILES string of the molecule is CO[C@@H]1CN(C)C(=O)c2ccc(NC(=O)c3ccccc3)cc2OC[C@H](C)N(C(=O)C2CC2)C[C@H]1C. The number of ether oxygens (including phenoxy) is 2. The van der Waals surface area contributed by atoms with Crippen LogP contribution >= 0.6 is 0 Å². The Hall–Kier alpha value is -3.39. The van der Waals surface area contributed by atoms with Crippen molar-refractivity contribution in [2.75, 3.05) is 39.2 Å². The number of rotatable bonds is 4. The van der Waals surface area contributed by atoms with Gasteiger partial charge in [-0.25, -0.2) is 0 Å². The van der Waals surface area contributed by atoms with Crippen LogP contribution in [0.25, 0.3) is 0 Å². The largest absolute Gasteiger partial charge is 0.491 e. The highest BCUT2D eigenvalue weighted by Crippen LogP contribution is 2.33. The zero-order valence-corrected chi connectivity index (χ0v) is 21.4. The Labute approximate surface area is 212 Å². The number of likely N-dealkylation sites (N-methyl/N-ethyl adjacent to an activating group) is 1. The fraction of sp³-hybridized carbons (Fsp3) is 0.464. The van der Waals surface area contributed by atoms with Gasteiger partial charge in [-0.15, -0.1) is 0 Å². The van der Waals surface area contributed by atoms with Gasteiger partial charge in [0.25, 0.3) is 11.8 Å². The van der Waals surface area contributed by atoms with Gasteiger partial charge in [-0.3, -0.25) is 14.4 Å². The van der Waals surface area contributed by atoms with Crippen molar-refractivity contribution in [1.82, 2.24) is 9.80 Å². The van der Waals surface area contributed by atoms with E-state index in [-0.39, 0.29) is 48.3 Å². The predicted molar refractivity (Wildman–Crippen MR) is 137 cm³/mol. The molecule has 1 fully saturated rings. The Kier molecular flexibility index (Phi) is 7.94. The Morgan fingerprint density at radius 2 is 1.78 bits per heavy atom. The van der Waals surface area contributed by atoms with E-state index in [2.05, 4.69) is 12.2 Å². The van der Waals surface area contributed by atoms with Gasteiger partial charge in [0.2, 0.25) is 5.91 Å². The van der Waals surface area contributed by atoms with Crippen molar-refractivity contribution in [1.29, 1.82) is 0 Å². The van der Waals surface area contributed by atoms with Gasteiger partial charge in [0.05, 0.1) is 17.7 Å². The van der Waals surface area contributed by atoms with Gasteiger partial charge < -0.3 is 24.6 Å². The highest BCUT2D eigenvalue weighted by molar-refractivity contribution is 6.05. The highest BCUT2D eigenvalue weighted by atomic mass is 16.5. The minimum absolute atomic E-state index is 0.0323. The van der Waals surface area contributed by atoms with E-state index in [4.69, 9.17) is 9.47 Å². The third kappa shape index (κ3) is 5.87. The smallest absolute Gasteiger partial charge is 0.257 e. The molecule has 0 saturated heterocycles. The van der Waals surface area contributed by atoms with E-state index in [1.54, 1.807) is 61.5 Å². The van der Waals surface area contributed by atoms with Crippen LogP contribution < -0.4 is 10.1 Å². The van der Waals surface area contributed by atoms with Crippen molar-refractivity contribution in [3.8, 4) is 5.75 Å². The third-order valence-corrected chi connectivity index (χ3v) is 6.95. The van der Waals surface area contributed by atoms with Crippen LogP contribution in [0.3, 0.4) is 0 Å². The van der Waals surface area contributed by atoms with Crippen LogP contribution in [0.4, 0.5) is 5.69 Å². The molecule has 3 atom stereocenters. The maximum Gasteiger partial charge on any atom is 0.257 e. The molecule has 8 nitrogen and oxygen atoms in total. The molecule has 36 heavy (non-hydrogen) atoms. The van der Waals surface area contributed by atoms with Gasteiger partial charge in [-0.2, -0.15) is 0 Å². The molecular weight excluding hydrogens is 458 g/mol. The lowest BCUT2D eigenvalue weighted by Crippen LogP contribution is -2.49. The molecule has 2 aromatic carbocycles. The van der Waals surface area contributed by atoms with Crippen LogP contribution in [0.15, 0.2) is 48.5 Å². The van der Waals surface area contributed by atoms with Gasteiger partial charge in [0.1, 0.15) is 12.4 Å². The molecule has 1 heterocycles. The van der Waals surface area contributed by atoms with Crippen LogP contribution in [-0.4, -0.2) is 73.5 Å². The van der Waals surface area contributed by atoms with E-state index >= 15 is 0 Å². The summed E-state index contributed by atoms with van der Waals surface area (Å²) in [7, 11) is 3.37. The number of carbonyl (C=O) groups is 3. The van der Waals surface area contributed by atoms with E-state index in [0.29, 0.717) is 35.7 Å². The Morgan fingerprint density at radius 1 is 1.06 bits per heavy atom. The van der Waals surface area contributed by atoms with Crippen molar-refractivity contribution in [3.63, 3.8) is 0 Å². The molecule has 2 aromatic rings. The first-order valence-electron chi connectivity index (χ1n) is 12.5. The standard InChI is InChI=1S/C28H35N3O5/c1-18-15-31(27(33)21-10-11-21)19(2)17-36-24-14-22(29-26(32)20-8-6-5-7-9-20)12-13-23(24)28(34)30(3)16-25(18)35-4/h5-9,12-14,18-19,21,25H,10-11,15-17H2,1-4H3,(H,29,32)/t18-,19+,25-/m1/s1. The third-order valence-electron chi connectivity index (χ3n) is 6.95. The molecule has 0 bridgehead atoms. The van der Waals surface area contributed by atoms with Crippen molar-refractivity contribution < 1.29 is 23.9 Å². The molecular formula is C28H35N3O5. The number of hydrogen-bond acceptors (Lipinski definition) is 5. The number of methoxy groups -OCH3 is 1. The minimum Gasteiger partial charge on any atom is -0.491 e. The second-order valence-corrected chi connectivity index (χ2v) is 9.89. The van der Waals surface area contributed by atoms with E-state index in [1.165, 1.54) is 0 Å². The van der Waals surface area contributed by atoms with Gasteiger partial charge >= 0.3 is 0 Å². The van der Waals surface area contributed by atoms with E-state index in [0.717, 1.165) is 12.8 Å². The highest BCUT2D eigenvalue weighted by Gasteiger charge is 2.37. The first-order chi connectivity index (χ1) is 17.3. The predicted octanol–water partition coefficient (Wildman–Crippen LogP) is 3.68. The summed E-state index contributed by atoms with van der Waals surface area (Å²) >= 11 is 0. The first kappa shape index (κ1) is 25.7. The minimum atomic E-state index is -0.251. The van der Waals surface area contributed by atoms with Gasteiger partial charge in [0.15, 0.2) is 0 Å². The first-order valence-corrected chi connectivity index (χ1v) is 12.5. The summed E-state index contributed by atoms with van der Waals surface area (Å²) in [6, 6.07) is 13.8. The molecule has 192 valence electrons. The number of carbonyl (C=O) groups excluding carboxylic acids is 3. The summed E-state index contributed by atoms with van der Waals surface area (Å²) < 4.78 is 11.9. The second-order valence-electron chi connectivity index (χ2n) is 9.89. The van der Waals surface area contributed by atoms with Crippen LogP contribution in [0.2, 0.25) is 0 Å². The Balaban J connectivity index is 1.63. The van der Waals surface area contributed by atoms with E-state index in [9.17, 15) is 14.4 Å². The maximum atomic E-state index is 13.4. The van der Waals surface area contributed by atoms with Crippen LogP contribution in [0, 0.1) is 11.8 Å². The zero-order chi connectivity index (χ0) is 25.8. The van der Waals surface area contributed by atoms with Gasteiger partial charge in [-0.1, -0.05) is 25.1 Å². The number of benzene rings is 2. The van der Waals surface area contributed by atoms with Gasteiger partial charge in [-0.05, 0) is 44.0 Å². The average molecular weight is 494 g/mol. The second kappa shape index (κ2) is 11.1. The fourth-order valence-corrected chi connectivity index (χ4v) is 4.51. The summed E-state index contributed by atoms with van der Waals surface area (Å²) in [4.78, 5) is 42.7. The number of nitrogens with one attached hydrogen (secondary N) is 1. The lowest BCUT2D eigenvalue weighted by Gasteiger charge is -2.36. The molecule has 0 aromatic heterocycles. The summed E-state index contributed by atoms with van der Waals surface area (Å²) in [6.45, 7) is 5.15. The molecule has 0 radical (unpaired) electrons. The molecule has 2 aliphatic rings. The van der Waals surface area contributed by atoms with E-state index in [1.807, 2.05) is 17.9 Å². The van der Waals surface area contributed by atoms with Crippen molar-refractivity contribution >= 4 is 23.4 Å². The summed E-state index contributed by atoms with van der Waals surface area (Å²) in [6.07, 6.45) is 1.62. The fourth-order valence-electron chi connectivity index (χ4n) is 4.51. The van der Waals surface area contributed by atoms with E-state index < -0.39 is 0 Å². The zero-order valence-electron chi connectivity index (χ0n) is 21.4. The van der Waals surface area contributed by atoms with Gasteiger partial charge in [0, 0.05) is 56.4 Å². The molecule has 1 saturated carbocycles. The van der Waals surface area contributed by atoms with Crippen LogP contribution in [0.1, 0.15) is 47.4 Å². The van der Waals surface area contributed by atoms with Crippen molar-refractivity contribution in [2.24, 2.45) is 11.8 Å². The number of amides is 3. The summed E-state index contributed by atoms with van der Waals surface area (Å²) in [5, 5.41) is 2.88. The van der Waals surface area contributed by atoms with Crippen LogP contribution in [0.5, 0.6) is 5.75 Å². The lowest BCUT2D eigenvalue weighted by atomic mass is 10.0. The lowest BCUT2D eigenvalue weighted by molar-refractivity contribution is -0.136. The topological polar surface area (TPSA) is 88.2 Å². The number of anilines is 1. The maximum absolute atomic E-state index is 13.4. The average Bonchev–Trinajstić information content (AvgIpc) is 3.73. The van der Waals surface area contributed by atoms with Crippen molar-refractivity contribution in [3.05, 3.63) is 59.7 Å². The Morgan fingerprint density at radius 3 is 2.44 bits per heavy atom. The summed E-state index contributed by atoms with van der Waals surface area (Å²) in [5.74, 6) is 0.192. The summed E-state index contributed by atoms with van der Waals surface area (Å²) in [5.41, 5.74) is 1.45. The molecule has 3 amide bonds. The van der Waals surface area contributed by atoms with Crippen molar-refractivity contribution in [2.45, 2.75) is 38.8 Å².